The number of thiophene rings is 1. The van der Waals surface area contributed by atoms with E-state index in [4.69, 9.17) is 5.11 Å². The van der Waals surface area contributed by atoms with E-state index in [1.54, 1.807) is 11.0 Å². The molecule has 0 saturated heterocycles. The first-order valence-corrected chi connectivity index (χ1v) is 7.77. The lowest BCUT2D eigenvalue weighted by Gasteiger charge is -2.21. The number of carboxylic acid groups (broad SMARTS) is 1. The average Bonchev–Trinajstić information content (AvgIpc) is 2.88. The van der Waals surface area contributed by atoms with Gasteiger partial charge in [-0.25, -0.2) is 9.59 Å². The molecule has 1 heterocycles. The minimum atomic E-state index is -0.940. The molecule has 2 amide bonds. The molecule has 116 valence electrons. The van der Waals surface area contributed by atoms with Crippen molar-refractivity contribution in [3.05, 3.63) is 51.7 Å². The molecule has 0 aliphatic rings. The fourth-order valence-electron chi connectivity index (χ4n) is 2.12. The van der Waals surface area contributed by atoms with Crippen LogP contribution in [-0.2, 0) is 6.54 Å². The highest BCUT2D eigenvalue weighted by molar-refractivity contribution is 7.14. The third-order valence-corrected chi connectivity index (χ3v) is 4.37. The van der Waals surface area contributed by atoms with Gasteiger partial charge < -0.3 is 10.4 Å². The predicted molar refractivity (Wildman–Crippen MR) is 87.7 cm³/mol. The van der Waals surface area contributed by atoms with Crippen molar-refractivity contribution in [2.24, 2.45) is 0 Å². The summed E-state index contributed by atoms with van der Waals surface area (Å²) < 4.78 is 0. The summed E-state index contributed by atoms with van der Waals surface area (Å²) >= 11 is 1.22. The number of para-hydroxylation sites is 1. The second kappa shape index (κ2) is 7.09. The molecule has 6 heteroatoms. The van der Waals surface area contributed by atoms with Crippen LogP contribution in [0.4, 0.5) is 10.5 Å². The molecule has 0 bridgehead atoms. The molecule has 0 spiro atoms. The second-order valence-electron chi connectivity index (χ2n) is 4.74. The Morgan fingerprint density at radius 1 is 1.27 bits per heavy atom. The van der Waals surface area contributed by atoms with Gasteiger partial charge >= 0.3 is 12.0 Å². The fraction of sp³-hybridized carbons (Fsp3) is 0.250. The Bertz CT molecular complexity index is 667. The average molecular weight is 318 g/mol. The van der Waals surface area contributed by atoms with Gasteiger partial charge in [0.25, 0.3) is 0 Å². The molecule has 0 atom stereocenters. The maximum atomic E-state index is 12.3. The lowest BCUT2D eigenvalue weighted by molar-refractivity contribution is 0.0702. The van der Waals surface area contributed by atoms with Gasteiger partial charge in [-0.3, -0.25) is 4.90 Å². The number of amides is 2. The van der Waals surface area contributed by atoms with Gasteiger partial charge in [0.15, 0.2) is 0 Å². The van der Waals surface area contributed by atoms with E-state index >= 15 is 0 Å². The van der Waals surface area contributed by atoms with Gasteiger partial charge in [0.1, 0.15) is 4.88 Å². The minimum Gasteiger partial charge on any atom is -0.477 e. The zero-order valence-electron chi connectivity index (χ0n) is 12.5. The van der Waals surface area contributed by atoms with Crippen LogP contribution >= 0.6 is 11.3 Å². The highest BCUT2D eigenvalue weighted by Crippen LogP contribution is 2.21. The Labute approximate surface area is 133 Å². The number of benzene rings is 1. The van der Waals surface area contributed by atoms with Crippen molar-refractivity contribution >= 4 is 29.0 Å². The molecule has 0 radical (unpaired) electrons. The van der Waals surface area contributed by atoms with Gasteiger partial charge in [0, 0.05) is 23.7 Å². The van der Waals surface area contributed by atoms with Crippen molar-refractivity contribution in [2.45, 2.75) is 20.4 Å². The fourth-order valence-corrected chi connectivity index (χ4v) is 3.00. The number of carbonyl (C=O) groups is 2. The number of urea groups is 1. The summed E-state index contributed by atoms with van der Waals surface area (Å²) in [6, 6.07) is 10.8. The number of hydrogen-bond donors (Lipinski definition) is 2. The number of hydrogen-bond acceptors (Lipinski definition) is 3. The van der Waals surface area contributed by atoms with Crippen molar-refractivity contribution in [3.63, 3.8) is 0 Å². The number of anilines is 1. The summed E-state index contributed by atoms with van der Waals surface area (Å²) in [5, 5.41) is 11.8. The Morgan fingerprint density at radius 2 is 1.95 bits per heavy atom. The van der Waals surface area contributed by atoms with Crippen LogP contribution < -0.4 is 10.2 Å². The van der Waals surface area contributed by atoms with Crippen LogP contribution in [0, 0.1) is 6.92 Å². The highest BCUT2D eigenvalue weighted by Gasteiger charge is 2.15. The molecule has 0 unspecified atom stereocenters. The van der Waals surface area contributed by atoms with E-state index in [1.807, 2.05) is 44.2 Å². The number of carboxylic acids is 1. The summed E-state index contributed by atoms with van der Waals surface area (Å²) in [4.78, 5) is 26.1. The quantitative estimate of drug-likeness (QED) is 0.886. The SMILES string of the molecule is CCN(C(=O)NCc1cc(C(=O)O)sc1C)c1ccccc1. The van der Waals surface area contributed by atoms with Crippen LogP contribution in [0.3, 0.4) is 0 Å². The van der Waals surface area contributed by atoms with Gasteiger partial charge in [-0.1, -0.05) is 18.2 Å². The number of rotatable bonds is 5. The minimum absolute atomic E-state index is 0.198. The first kappa shape index (κ1) is 16.0. The summed E-state index contributed by atoms with van der Waals surface area (Å²) in [6.45, 7) is 4.63. The molecule has 2 N–H and O–H groups in total. The van der Waals surface area contributed by atoms with Crippen molar-refractivity contribution in [1.82, 2.24) is 5.32 Å². The van der Waals surface area contributed by atoms with E-state index in [1.165, 1.54) is 11.3 Å². The molecule has 0 saturated carbocycles. The Morgan fingerprint density at radius 3 is 2.50 bits per heavy atom. The summed E-state index contributed by atoms with van der Waals surface area (Å²) in [7, 11) is 0. The molecule has 1 aromatic carbocycles. The van der Waals surface area contributed by atoms with E-state index in [0.29, 0.717) is 13.1 Å². The highest BCUT2D eigenvalue weighted by atomic mass is 32.1. The predicted octanol–water partition coefficient (Wildman–Crippen LogP) is 3.49. The third kappa shape index (κ3) is 3.65. The van der Waals surface area contributed by atoms with Crippen molar-refractivity contribution in [1.29, 1.82) is 0 Å². The lowest BCUT2D eigenvalue weighted by atomic mass is 10.2. The van der Waals surface area contributed by atoms with Crippen LogP contribution in [0.5, 0.6) is 0 Å². The second-order valence-corrected chi connectivity index (χ2v) is 5.99. The van der Waals surface area contributed by atoms with Gasteiger partial charge in [-0.15, -0.1) is 11.3 Å². The van der Waals surface area contributed by atoms with Crippen LogP contribution in [0.25, 0.3) is 0 Å². The summed E-state index contributed by atoms with van der Waals surface area (Å²) in [5.74, 6) is -0.940. The molecular formula is C16H18N2O3S. The zero-order chi connectivity index (χ0) is 16.1. The topological polar surface area (TPSA) is 69.6 Å². The smallest absolute Gasteiger partial charge is 0.345 e. The Hall–Kier alpha value is -2.34. The van der Waals surface area contributed by atoms with Crippen molar-refractivity contribution in [2.75, 3.05) is 11.4 Å². The molecule has 0 fully saturated rings. The molecule has 5 nitrogen and oxygen atoms in total. The zero-order valence-corrected chi connectivity index (χ0v) is 13.3. The molecule has 22 heavy (non-hydrogen) atoms. The first-order chi connectivity index (χ1) is 10.5. The largest absolute Gasteiger partial charge is 0.477 e. The summed E-state index contributed by atoms with van der Waals surface area (Å²) in [5.41, 5.74) is 1.66. The molecule has 0 aliphatic heterocycles. The van der Waals surface area contributed by atoms with Gasteiger partial charge in [0.05, 0.1) is 0 Å². The van der Waals surface area contributed by atoms with E-state index in [0.717, 1.165) is 16.1 Å². The van der Waals surface area contributed by atoms with Crippen molar-refractivity contribution in [3.8, 4) is 0 Å². The van der Waals surface area contributed by atoms with Crippen LogP contribution in [0.2, 0.25) is 0 Å². The van der Waals surface area contributed by atoms with Gasteiger partial charge in [0.2, 0.25) is 0 Å². The monoisotopic (exact) mass is 318 g/mol. The molecule has 0 aliphatic carbocycles. The van der Waals surface area contributed by atoms with E-state index < -0.39 is 5.97 Å². The Kier molecular flexibility index (Phi) is 5.16. The Balaban J connectivity index is 2.04. The van der Waals surface area contributed by atoms with Crippen LogP contribution in [0.1, 0.15) is 27.0 Å². The van der Waals surface area contributed by atoms with Crippen molar-refractivity contribution < 1.29 is 14.7 Å². The number of aryl methyl sites for hydroxylation is 1. The van der Waals surface area contributed by atoms with Gasteiger partial charge in [-0.05, 0) is 37.6 Å². The number of aromatic carboxylic acids is 1. The normalized spacial score (nSPS) is 10.3. The molecule has 1 aromatic heterocycles. The van der Waals surface area contributed by atoms with Crippen LogP contribution in [-0.4, -0.2) is 23.7 Å². The lowest BCUT2D eigenvalue weighted by Crippen LogP contribution is -2.39. The maximum absolute atomic E-state index is 12.3. The van der Waals surface area contributed by atoms with E-state index in [-0.39, 0.29) is 10.9 Å². The third-order valence-electron chi connectivity index (χ3n) is 3.29. The number of nitrogens with zero attached hydrogens (tertiary/aromatic N) is 1. The number of nitrogens with one attached hydrogen (secondary N) is 1. The summed E-state index contributed by atoms with van der Waals surface area (Å²) in [6.07, 6.45) is 0. The standard InChI is InChI=1S/C16H18N2O3S/c1-3-18(13-7-5-4-6-8-13)16(21)17-10-12-9-14(15(19)20)22-11(12)2/h4-9H,3,10H2,1-2H3,(H,17,21)(H,19,20). The number of carbonyl (C=O) groups excluding carboxylic acids is 1. The van der Waals surface area contributed by atoms with E-state index in [2.05, 4.69) is 5.32 Å². The molecule has 2 rings (SSSR count). The maximum Gasteiger partial charge on any atom is 0.345 e. The first-order valence-electron chi connectivity index (χ1n) is 6.96. The van der Waals surface area contributed by atoms with Gasteiger partial charge in [-0.2, -0.15) is 0 Å². The van der Waals surface area contributed by atoms with E-state index in [9.17, 15) is 9.59 Å². The van der Waals surface area contributed by atoms with Crippen LogP contribution in [0.15, 0.2) is 36.4 Å². The molecular weight excluding hydrogens is 300 g/mol. The molecule has 2 aromatic rings.